The Balaban J connectivity index is 3.26. The summed E-state index contributed by atoms with van der Waals surface area (Å²) in [6.45, 7) is 21.4. The highest BCUT2D eigenvalue weighted by Gasteiger charge is 2.24. The first-order valence-electron chi connectivity index (χ1n) is 7.07. The summed E-state index contributed by atoms with van der Waals surface area (Å²) in [6, 6.07) is 4.27. The van der Waals surface area contributed by atoms with Crippen LogP contribution in [-0.2, 0) is 4.43 Å². The molecule has 0 fully saturated rings. The molecule has 112 valence electrons. The highest BCUT2D eigenvalue weighted by atomic mass is 28.4. The molecule has 0 radical (unpaired) electrons. The first-order chi connectivity index (χ1) is 8.89. The zero-order chi connectivity index (χ0) is 15.7. The summed E-state index contributed by atoms with van der Waals surface area (Å²) in [5.41, 5.74) is 3.37. The van der Waals surface area contributed by atoms with Crippen molar-refractivity contribution < 1.29 is 8.85 Å². The fourth-order valence-corrected chi connectivity index (χ4v) is 3.76. The molecular weight excluding hydrogens is 280 g/mol. The second-order valence-corrected chi connectivity index (χ2v) is 16.2. The van der Waals surface area contributed by atoms with Crippen LogP contribution in [0.4, 0.5) is 0 Å². The molecule has 0 atom stereocenters. The van der Waals surface area contributed by atoms with E-state index in [1.54, 1.807) is 0 Å². The van der Waals surface area contributed by atoms with Crippen molar-refractivity contribution in [1.82, 2.24) is 0 Å². The van der Waals surface area contributed by atoms with Gasteiger partial charge >= 0.3 is 0 Å². The fraction of sp³-hybridized carbons (Fsp3) is 0.500. The minimum atomic E-state index is -1.67. The van der Waals surface area contributed by atoms with Crippen molar-refractivity contribution in [3.05, 3.63) is 35.4 Å². The van der Waals surface area contributed by atoms with Crippen LogP contribution < -0.4 is 4.43 Å². The van der Waals surface area contributed by atoms with E-state index in [2.05, 4.69) is 71.8 Å². The van der Waals surface area contributed by atoms with E-state index in [1.807, 2.05) is 0 Å². The minimum absolute atomic E-state index is 0.740. The summed E-state index contributed by atoms with van der Waals surface area (Å²) in [6.07, 6.45) is 0. The van der Waals surface area contributed by atoms with Crippen LogP contribution in [0.1, 0.15) is 16.7 Å². The topological polar surface area (TPSA) is 18.5 Å². The van der Waals surface area contributed by atoms with Crippen molar-refractivity contribution in [2.45, 2.75) is 53.1 Å². The molecule has 0 heterocycles. The summed E-state index contributed by atoms with van der Waals surface area (Å²) in [5.74, 6) is 1.68. The Morgan fingerprint density at radius 3 is 1.95 bits per heavy atom. The number of rotatable bonds is 5. The van der Waals surface area contributed by atoms with Gasteiger partial charge in [0.2, 0.25) is 16.6 Å². The lowest BCUT2D eigenvalue weighted by Crippen LogP contribution is -2.30. The van der Waals surface area contributed by atoms with Crippen LogP contribution in [0.3, 0.4) is 0 Å². The molecule has 2 nitrogen and oxygen atoms in total. The van der Waals surface area contributed by atoms with Gasteiger partial charge in [0, 0.05) is 0 Å². The molecule has 0 spiro atoms. The van der Waals surface area contributed by atoms with Crippen molar-refractivity contribution in [3.63, 3.8) is 0 Å². The number of hydrogen-bond donors (Lipinski definition) is 0. The summed E-state index contributed by atoms with van der Waals surface area (Å²) in [5, 5.41) is 0. The molecule has 1 aromatic carbocycles. The maximum absolute atomic E-state index is 6.27. The zero-order valence-corrected chi connectivity index (χ0v) is 16.2. The minimum Gasteiger partial charge on any atom is -0.544 e. The van der Waals surface area contributed by atoms with E-state index in [0.29, 0.717) is 0 Å². The highest BCUT2D eigenvalue weighted by molar-refractivity contribution is 6.71. The number of hydrogen-bond acceptors (Lipinski definition) is 2. The summed E-state index contributed by atoms with van der Waals surface area (Å²) in [7, 11) is -3.33. The zero-order valence-electron chi connectivity index (χ0n) is 14.2. The molecule has 0 aliphatic heterocycles. The average Bonchev–Trinajstić information content (AvgIpc) is 2.17. The van der Waals surface area contributed by atoms with Crippen molar-refractivity contribution in [2.24, 2.45) is 0 Å². The predicted octanol–water partition coefficient (Wildman–Crippen LogP) is 5.34. The Morgan fingerprint density at radius 1 is 0.950 bits per heavy atom. The second kappa shape index (κ2) is 5.78. The van der Waals surface area contributed by atoms with Gasteiger partial charge in [-0.25, -0.2) is 0 Å². The van der Waals surface area contributed by atoms with Crippen LogP contribution in [0.15, 0.2) is 18.7 Å². The molecule has 0 bridgehead atoms. The lowest BCUT2D eigenvalue weighted by molar-refractivity contribution is 0.503. The van der Waals surface area contributed by atoms with Crippen LogP contribution in [0.2, 0.25) is 39.3 Å². The van der Waals surface area contributed by atoms with Crippen LogP contribution >= 0.6 is 0 Å². The second-order valence-electron chi connectivity index (χ2n) is 7.31. The van der Waals surface area contributed by atoms with Gasteiger partial charge in [0.25, 0.3) is 0 Å². The molecule has 0 unspecified atom stereocenters. The summed E-state index contributed by atoms with van der Waals surface area (Å²) < 4.78 is 12.3. The van der Waals surface area contributed by atoms with E-state index in [1.165, 1.54) is 5.56 Å². The molecular formula is C16H28O2Si2. The van der Waals surface area contributed by atoms with Crippen molar-refractivity contribution >= 4 is 22.4 Å². The van der Waals surface area contributed by atoms with Crippen LogP contribution in [0, 0.1) is 13.8 Å². The SMILES string of the molecule is C=C(O[Si](C)(C)C)c1cc(C)cc(C)c1O[Si](C)(C)C. The van der Waals surface area contributed by atoms with Gasteiger partial charge in [-0.3, -0.25) is 0 Å². The van der Waals surface area contributed by atoms with Crippen molar-refractivity contribution in [1.29, 1.82) is 0 Å². The Bertz CT molecular complexity index is 508. The van der Waals surface area contributed by atoms with Crippen molar-refractivity contribution in [3.8, 4) is 5.75 Å². The Hall–Kier alpha value is -1.01. The maximum Gasteiger partial charge on any atom is 0.242 e. The fourth-order valence-electron chi connectivity index (χ4n) is 2.03. The molecule has 0 saturated heterocycles. The van der Waals surface area contributed by atoms with Gasteiger partial charge in [0.05, 0.1) is 5.56 Å². The molecule has 0 saturated carbocycles. The van der Waals surface area contributed by atoms with E-state index >= 15 is 0 Å². The highest BCUT2D eigenvalue weighted by Crippen LogP contribution is 2.34. The van der Waals surface area contributed by atoms with Gasteiger partial charge in [-0.2, -0.15) is 0 Å². The van der Waals surface area contributed by atoms with Gasteiger partial charge in [0.1, 0.15) is 11.5 Å². The largest absolute Gasteiger partial charge is 0.544 e. The predicted molar refractivity (Wildman–Crippen MR) is 93.4 cm³/mol. The van der Waals surface area contributed by atoms with Gasteiger partial charge in [-0.05, 0) is 70.3 Å². The monoisotopic (exact) mass is 308 g/mol. The van der Waals surface area contributed by atoms with Gasteiger partial charge in [-0.15, -0.1) is 0 Å². The van der Waals surface area contributed by atoms with Crippen molar-refractivity contribution in [2.75, 3.05) is 0 Å². The maximum atomic E-state index is 6.27. The Morgan fingerprint density at radius 2 is 1.50 bits per heavy atom. The van der Waals surface area contributed by atoms with Gasteiger partial charge in [0.15, 0.2) is 0 Å². The Labute approximate surface area is 126 Å². The normalized spacial score (nSPS) is 12.2. The lowest BCUT2D eigenvalue weighted by atomic mass is 10.0. The molecule has 1 aromatic rings. The first-order valence-corrected chi connectivity index (χ1v) is 13.9. The lowest BCUT2D eigenvalue weighted by Gasteiger charge is -2.27. The molecule has 0 aliphatic rings. The first kappa shape index (κ1) is 17.0. The molecule has 0 aliphatic carbocycles. The van der Waals surface area contributed by atoms with E-state index < -0.39 is 16.6 Å². The van der Waals surface area contributed by atoms with Crippen LogP contribution in [-0.4, -0.2) is 16.6 Å². The Kier molecular flexibility index (Phi) is 4.92. The summed E-state index contributed by atoms with van der Waals surface area (Å²) >= 11 is 0. The number of benzene rings is 1. The van der Waals surface area contributed by atoms with E-state index in [-0.39, 0.29) is 0 Å². The number of aryl methyl sites for hydroxylation is 2. The van der Waals surface area contributed by atoms with E-state index in [4.69, 9.17) is 8.85 Å². The molecule has 0 amide bonds. The molecule has 0 N–H and O–H groups in total. The third kappa shape index (κ3) is 5.17. The third-order valence-electron chi connectivity index (χ3n) is 2.56. The van der Waals surface area contributed by atoms with Gasteiger partial charge < -0.3 is 8.85 Å². The standard InChI is InChI=1S/C16H28O2Si2/c1-12-10-13(2)16(18-20(7,8)9)15(11-12)14(3)17-19(4,5)6/h10-11H,3H2,1-2,4-9H3. The van der Waals surface area contributed by atoms with E-state index in [9.17, 15) is 0 Å². The molecule has 1 rings (SSSR count). The quantitative estimate of drug-likeness (QED) is 0.540. The van der Waals surface area contributed by atoms with Crippen LogP contribution in [0.5, 0.6) is 5.75 Å². The smallest absolute Gasteiger partial charge is 0.242 e. The third-order valence-corrected chi connectivity index (χ3v) is 4.23. The molecule has 20 heavy (non-hydrogen) atoms. The van der Waals surface area contributed by atoms with Crippen LogP contribution in [0.25, 0.3) is 5.76 Å². The molecule has 4 heteroatoms. The molecule has 0 aromatic heterocycles. The average molecular weight is 309 g/mol. The van der Waals surface area contributed by atoms with Gasteiger partial charge in [-0.1, -0.05) is 12.6 Å². The van der Waals surface area contributed by atoms with E-state index in [0.717, 1.165) is 22.6 Å². The summed E-state index contributed by atoms with van der Waals surface area (Å²) in [4.78, 5) is 0.